The highest BCUT2D eigenvalue weighted by molar-refractivity contribution is 5.90. The average Bonchev–Trinajstić information content (AvgIpc) is 2.79. The lowest BCUT2D eigenvalue weighted by molar-refractivity contribution is -0.121. The van der Waals surface area contributed by atoms with Crippen LogP contribution in [0.5, 0.6) is 5.75 Å². The second-order valence-electron chi connectivity index (χ2n) is 7.69. The predicted molar refractivity (Wildman–Crippen MR) is 126 cm³/mol. The summed E-state index contributed by atoms with van der Waals surface area (Å²) in [6, 6.07) is 27.6. The Morgan fingerprint density at radius 2 is 1.53 bits per heavy atom. The van der Waals surface area contributed by atoms with Gasteiger partial charge in [-0.2, -0.15) is 0 Å². The molecule has 160 valence electrons. The second kappa shape index (κ2) is 9.35. The van der Waals surface area contributed by atoms with E-state index < -0.39 is 6.04 Å². The summed E-state index contributed by atoms with van der Waals surface area (Å²) in [7, 11) is 0. The quantitative estimate of drug-likeness (QED) is 0.410. The third-order valence-electron chi connectivity index (χ3n) is 5.31. The van der Waals surface area contributed by atoms with Gasteiger partial charge in [0.25, 0.3) is 0 Å². The Bertz CT molecular complexity index is 1250. The molecule has 0 aliphatic rings. The number of phenolic OH excluding ortho intramolecular Hbond substituents is 1. The molecular formula is C27H24N2O3. The van der Waals surface area contributed by atoms with Crippen molar-refractivity contribution in [3.8, 4) is 5.75 Å². The maximum absolute atomic E-state index is 13.0. The number of fused-ring (bicyclic) bond motifs is 1. The molecule has 32 heavy (non-hydrogen) atoms. The minimum atomic E-state index is -0.506. The summed E-state index contributed by atoms with van der Waals surface area (Å²) in [6.07, 6.45) is 0.176. The highest BCUT2D eigenvalue weighted by Gasteiger charge is 2.22. The lowest BCUT2D eigenvalue weighted by Gasteiger charge is -2.23. The fourth-order valence-electron chi connectivity index (χ4n) is 3.86. The summed E-state index contributed by atoms with van der Waals surface area (Å²) in [5.74, 6) is -0.174. The van der Waals surface area contributed by atoms with Crippen molar-refractivity contribution in [2.45, 2.75) is 19.4 Å². The molecule has 1 unspecified atom stereocenters. The largest absolute Gasteiger partial charge is 0.508 e. The molecule has 5 nitrogen and oxygen atoms in total. The van der Waals surface area contributed by atoms with Gasteiger partial charge >= 0.3 is 0 Å². The molecule has 4 rings (SSSR count). The van der Waals surface area contributed by atoms with E-state index in [0.29, 0.717) is 11.3 Å². The maximum Gasteiger partial charge on any atom is 0.225 e. The maximum atomic E-state index is 13.0. The molecule has 4 aromatic rings. The minimum absolute atomic E-state index is 0.137. The van der Waals surface area contributed by atoms with Crippen LogP contribution in [0.4, 0.5) is 5.69 Å². The average molecular weight is 425 g/mol. The van der Waals surface area contributed by atoms with Crippen molar-refractivity contribution in [1.29, 1.82) is 0 Å². The number of hydrogen-bond donors (Lipinski definition) is 3. The summed E-state index contributed by atoms with van der Waals surface area (Å²) in [5, 5.41) is 18.5. The first-order valence-corrected chi connectivity index (χ1v) is 10.4. The summed E-state index contributed by atoms with van der Waals surface area (Å²) < 4.78 is 0. The van der Waals surface area contributed by atoms with Crippen molar-refractivity contribution in [1.82, 2.24) is 5.32 Å². The van der Waals surface area contributed by atoms with Gasteiger partial charge in [0, 0.05) is 18.2 Å². The van der Waals surface area contributed by atoms with Crippen LogP contribution in [0.3, 0.4) is 0 Å². The first kappa shape index (κ1) is 21.1. The summed E-state index contributed by atoms with van der Waals surface area (Å²) in [6.45, 7) is 1.45. The molecule has 4 aromatic carbocycles. The second-order valence-corrected chi connectivity index (χ2v) is 7.69. The molecule has 3 N–H and O–H groups in total. The predicted octanol–water partition coefficient (Wildman–Crippen LogP) is 4.95. The number of nitrogens with one attached hydrogen (secondary N) is 2. The smallest absolute Gasteiger partial charge is 0.225 e. The highest BCUT2D eigenvalue weighted by atomic mass is 16.3. The molecule has 0 aliphatic carbocycles. The van der Waals surface area contributed by atoms with Crippen LogP contribution in [0.1, 0.15) is 29.7 Å². The monoisotopic (exact) mass is 424 g/mol. The Kier molecular flexibility index (Phi) is 6.17. The van der Waals surface area contributed by atoms with Crippen LogP contribution < -0.4 is 10.6 Å². The van der Waals surface area contributed by atoms with E-state index in [4.69, 9.17) is 0 Å². The van der Waals surface area contributed by atoms with Crippen LogP contribution in [0.15, 0.2) is 91.0 Å². The number of aromatic hydroxyl groups is 1. The molecule has 2 amide bonds. The van der Waals surface area contributed by atoms with E-state index in [-0.39, 0.29) is 24.0 Å². The van der Waals surface area contributed by atoms with Crippen LogP contribution in [0.25, 0.3) is 10.8 Å². The van der Waals surface area contributed by atoms with Crippen molar-refractivity contribution < 1.29 is 14.7 Å². The van der Waals surface area contributed by atoms with Crippen molar-refractivity contribution in [2.24, 2.45) is 0 Å². The number of rotatable bonds is 6. The van der Waals surface area contributed by atoms with E-state index in [0.717, 1.165) is 21.9 Å². The lowest BCUT2D eigenvalue weighted by Crippen LogP contribution is -2.30. The summed E-state index contributed by atoms with van der Waals surface area (Å²) in [4.78, 5) is 24.2. The van der Waals surface area contributed by atoms with Crippen molar-refractivity contribution in [2.75, 3.05) is 5.32 Å². The Balaban J connectivity index is 1.64. The third kappa shape index (κ3) is 4.78. The molecule has 0 bridgehead atoms. The van der Waals surface area contributed by atoms with Gasteiger partial charge in [-0.1, -0.05) is 72.8 Å². The van der Waals surface area contributed by atoms with Crippen LogP contribution >= 0.6 is 0 Å². The van der Waals surface area contributed by atoms with Crippen LogP contribution in [0.2, 0.25) is 0 Å². The number of anilines is 1. The van der Waals surface area contributed by atoms with Gasteiger partial charge in [0.2, 0.25) is 11.8 Å². The van der Waals surface area contributed by atoms with E-state index in [2.05, 4.69) is 10.6 Å². The van der Waals surface area contributed by atoms with E-state index in [1.807, 2.05) is 72.8 Å². The Morgan fingerprint density at radius 3 is 2.25 bits per heavy atom. The number of benzene rings is 4. The molecule has 0 fully saturated rings. The number of amides is 2. The highest BCUT2D eigenvalue weighted by Crippen LogP contribution is 2.35. The summed E-state index contributed by atoms with van der Waals surface area (Å²) >= 11 is 0. The lowest BCUT2D eigenvalue weighted by atomic mass is 9.92. The molecular weight excluding hydrogens is 400 g/mol. The van der Waals surface area contributed by atoms with Gasteiger partial charge in [-0.25, -0.2) is 0 Å². The normalized spacial score (nSPS) is 11.7. The first-order valence-electron chi connectivity index (χ1n) is 10.4. The van der Waals surface area contributed by atoms with E-state index in [9.17, 15) is 14.7 Å². The third-order valence-corrected chi connectivity index (χ3v) is 5.31. The van der Waals surface area contributed by atoms with Gasteiger partial charge in [-0.3, -0.25) is 9.59 Å². The molecule has 0 saturated heterocycles. The molecule has 1 atom stereocenters. The van der Waals surface area contributed by atoms with Crippen molar-refractivity contribution in [3.05, 3.63) is 108 Å². The minimum Gasteiger partial charge on any atom is -0.508 e. The van der Waals surface area contributed by atoms with E-state index >= 15 is 0 Å². The van der Waals surface area contributed by atoms with E-state index in [1.54, 1.807) is 18.2 Å². The van der Waals surface area contributed by atoms with Gasteiger partial charge in [-0.05, 0) is 40.1 Å². The molecule has 0 spiro atoms. The standard InChI is InChI=1S/C27H24N2O3/c1-18(30)28-22-14-11-19(12-15-22)17-25(32)29-27(21-8-3-2-4-9-21)26-23-10-6-5-7-20(23)13-16-24(26)31/h2-16,27,31H,17H2,1H3,(H,28,30)(H,29,32). The zero-order valence-electron chi connectivity index (χ0n) is 17.7. The fraction of sp³-hybridized carbons (Fsp3) is 0.111. The van der Waals surface area contributed by atoms with Crippen LogP contribution in [-0.4, -0.2) is 16.9 Å². The zero-order valence-corrected chi connectivity index (χ0v) is 17.7. The van der Waals surface area contributed by atoms with Gasteiger partial charge in [0.15, 0.2) is 0 Å². The van der Waals surface area contributed by atoms with Crippen LogP contribution in [-0.2, 0) is 16.0 Å². The van der Waals surface area contributed by atoms with Crippen LogP contribution in [0, 0.1) is 0 Å². The molecule has 0 radical (unpaired) electrons. The molecule has 0 aliphatic heterocycles. The topological polar surface area (TPSA) is 78.4 Å². The molecule has 0 aromatic heterocycles. The molecule has 0 saturated carbocycles. The number of carbonyl (C=O) groups excluding carboxylic acids is 2. The van der Waals surface area contributed by atoms with Gasteiger partial charge in [-0.15, -0.1) is 0 Å². The number of phenols is 1. The van der Waals surface area contributed by atoms with E-state index in [1.165, 1.54) is 6.92 Å². The number of hydrogen-bond acceptors (Lipinski definition) is 3. The number of carbonyl (C=O) groups is 2. The SMILES string of the molecule is CC(=O)Nc1ccc(CC(=O)NC(c2ccccc2)c2c(O)ccc3ccccc23)cc1. The summed E-state index contributed by atoms with van der Waals surface area (Å²) in [5.41, 5.74) is 3.06. The Morgan fingerprint density at radius 1 is 0.844 bits per heavy atom. The Labute approximate surface area is 186 Å². The first-order chi connectivity index (χ1) is 15.5. The van der Waals surface area contributed by atoms with Gasteiger partial charge in [0.05, 0.1) is 12.5 Å². The Hall–Kier alpha value is -4.12. The van der Waals surface area contributed by atoms with Gasteiger partial charge < -0.3 is 15.7 Å². The van der Waals surface area contributed by atoms with Crippen molar-refractivity contribution in [3.63, 3.8) is 0 Å². The zero-order chi connectivity index (χ0) is 22.5. The van der Waals surface area contributed by atoms with Gasteiger partial charge in [0.1, 0.15) is 5.75 Å². The molecule has 0 heterocycles. The molecule has 5 heteroatoms. The fourth-order valence-corrected chi connectivity index (χ4v) is 3.86. The van der Waals surface area contributed by atoms with Crippen molar-refractivity contribution >= 4 is 28.3 Å².